The number of amides is 1. The van der Waals surface area contributed by atoms with Crippen LogP contribution >= 0.6 is 0 Å². The molecule has 1 atom stereocenters. The van der Waals surface area contributed by atoms with E-state index in [9.17, 15) is 14.4 Å². The van der Waals surface area contributed by atoms with E-state index in [2.05, 4.69) is 10.4 Å². The summed E-state index contributed by atoms with van der Waals surface area (Å²) < 4.78 is 11.1. The second-order valence-electron chi connectivity index (χ2n) is 7.08. The van der Waals surface area contributed by atoms with Crippen molar-refractivity contribution in [1.82, 2.24) is 15.1 Å². The fourth-order valence-electron chi connectivity index (χ4n) is 3.29. The van der Waals surface area contributed by atoms with Crippen molar-refractivity contribution in [1.29, 1.82) is 0 Å². The van der Waals surface area contributed by atoms with Crippen molar-refractivity contribution in [3.05, 3.63) is 40.9 Å². The molecule has 2 aromatic rings. The first-order chi connectivity index (χ1) is 13.5. The summed E-state index contributed by atoms with van der Waals surface area (Å²) in [5.74, 6) is -1.21. The van der Waals surface area contributed by atoms with Crippen molar-refractivity contribution in [2.75, 3.05) is 6.54 Å². The van der Waals surface area contributed by atoms with E-state index < -0.39 is 24.4 Å². The fourth-order valence-corrected chi connectivity index (χ4v) is 3.29. The molecule has 0 aliphatic heterocycles. The van der Waals surface area contributed by atoms with Crippen LogP contribution in [0, 0.1) is 5.92 Å². The number of benzene rings is 1. The maximum Gasteiger partial charge on any atom is 0.437 e. The van der Waals surface area contributed by atoms with Crippen LogP contribution in [-0.2, 0) is 20.9 Å². The van der Waals surface area contributed by atoms with Crippen molar-refractivity contribution < 1.29 is 18.7 Å². The Morgan fingerprint density at radius 3 is 2.68 bits per heavy atom. The second kappa shape index (κ2) is 9.34. The van der Waals surface area contributed by atoms with Gasteiger partial charge in [0.1, 0.15) is 6.54 Å². The van der Waals surface area contributed by atoms with Gasteiger partial charge in [-0.15, -0.1) is 5.10 Å². The van der Waals surface area contributed by atoms with Gasteiger partial charge in [0.15, 0.2) is 6.10 Å². The Morgan fingerprint density at radius 2 is 1.96 bits per heavy atom. The Kier molecular flexibility index (Phi) is 6.62. The van der Waals surface area contributed by atoms with Gasteiger partial charge in [0.05, 0.1) is 0 Å². The molecular weight excluding hydrogens is 362 g/mol. The maximum absolute atomic E-state index is 12.1. The van der Waals surface area contributed by atoms with Crippen LogP contribution in [0.3, 0.4) is 0 Å². The Balaban J connectivity index is 1.50. The predicted molar refractivity (Wildman–Crippen MR) is 101 cm³/mol. The van der Waals surface area contributed by atoms with Crippen LogP contribution < -0.4 is 11.1 Å². The first-order valence-corrected chi connectivity index (χ1v) is 9.63. The molecule has 0 bridgehead atoms. The fraction of sp³-hybridized carbons (Fsp3) is 0.500. The molecule has 1 N–H and O–H groups in total. The number of aromatic nitrogens is 2. The standard InChI is InChI=1S/C20H25N3O5/c1-14(18(25)21-12-15-8-4-2-5-9-15)27-17(24)13-23-20(26)28-19(22-23)16-10-6-3-7-11-16/h3,6-7,10-11,14-15H,2,4-5,8-9,12-13H2,1H3,(H,21,25)/t14-/m1/s1. The average Bonchev–Trinajstić information content (AvgIpc) is 3.07. The Labute approximate surface area is 162 Å². The lowest BCUT2D eigenvalue weighted by atomic mass is 9.89. The molecule has 3 rings (SSSR count). The molecule has 1 aliphatic carbocycles. The topological polar surface area (TPSA) is 103 Å². The molecule has 0 saturated heterocycles. The van der Waals surface area contributed by atoms with Gasteiger partial charge in [-0.25, -0.2) is 4.79 Å². The van der Waals surface area contributed by atoms with Crippen molar-refractivity contribution in [3.8, 4) is 11.5 Å². The van der Waals surface area contributed by atoms with Gasteiger partial charge in [0, 0.05) is 12.1 Å². The van der Waals surface area contributed by atoms with Crippen molar-refractivity contribution in [2.45, 2.75) is 51.7 Å². The zero-order valence-corrected chi connectivity index (χ0v) is 15.9. The van der Waals surface area contributed by atoms with Gasteiger partial charge in [-0.2, -0.15) is 4.68 Å². The number of hydrogen-bond donors (Lipinski definition) is 1. The monoisotopic (exact) mass is 387 g/mol. The number of ether oxygens (including phenoxy) is 1. The molecule has 150 valence electrons. The number of carbonyl (C=O) groups excluding carboxylic acids is 2. The predicted octanol–water partition coefficient (Wildman–Crippen LogP) is 2.13. The summed E-state index contributed by atoms with van der Waals surface area (Å²) in [4.78, 5) is 36.1. The first-order valence-electron chi connectivity index (χ1n) is 9.63. The van der Waals surface area contributed by atoms with Crippen LogP contribution in [0.2, 0.25) is 0 Å². The highest BCUT2D eigenvalue weighted by molar-refractivity contribution is 5.83. The zero-order chi connectivity index (χ0) is 19.9. The van der Waals surface area contributed by atoms with Crippen LogP contribution in [-0.4, -0.2) is 34.3 Å². The number of nitrogens with zero attached hydrogens (tertiary/aromatic N) is 2. The molecule has 1 aliphatic rings. The lowest BCUT2D eigenvalue weighted by molar-refractivity contribution is -0.155. The van der Waals surface area contributed by atoms with Crippen molar-refractivity contribution in [2.24, 2.45) is 5.92 Å². The van der Waals surface area contributed by atoms with E-state index in [1.165, 1.54) is 26.2 Å². The number of esters is 1. The molecule has 8 heteroatoms. The van der Waals surface area contributed by atoms with E-state index in [1.54, 1.807) is 24.3 Å². The lowest BCUT2D eigenvalue weighted by Crippen LogP contribution is -2.39. The Bertz CT molecular complexity index is 852. The van der Waals surface area contributed by atoms with E-state index >= 15 is 0 Å². The summed E-state index contributed by atoms with van der Waals surface area (Å²) >= 11 is 0. The van der Waals surface area contributed by atoms with Crippen LogP contribution in [0.1, 0.15) is 39.0 Å². The van der Waals surface area contributed by atoms with E-state index in [0.717, 1.165) is 17.5 Å². The molecule has 0 radical (unpaired) electrons. The van der Waals surface area contributed by atoms with Gasteiger partial charge < -0.3 is 14.5 Å². The molecule has 1 aromatic carbocycles. The third-order valence-electron chi connectivity index (χ3n) is 4.87. The third-order valence-corrected chi connectivity index (χ3v) is 4.87. The molecule has 28 heavy (non-hydrogen) atoms. The SMILES string of the molecule is C[C@@H](OC(=O)Cn1nc(-c2ccccc2)oc1=O)C(=O)NCC1CCCCC1. The van der Waals surface area contributed by atoms with E-state index in [-0.39, 0.29) is 11.8 Å². The van der Waals surface area contributed by atoms with Crippen LogP contribution in [0.4, 0.5) is 0 Å². The van der Waals surface area contributed by atoms with Gasteiger partial charge >= 0.3 is 11.7 Å². The Hall–Kier alpha value is -2.90. The van der Waals surface area contributed by atoms with Crippen LogP contribution in [0.5, 0.6) is 0 Å². The molecule has 0 spiro atoms. The van der Waals surface area contributed by atoms with Gasteiger partial charge in [-0.1, -0.05) is 37.5 Å². The summed E-state index contributed by atoms with van der Waals surface area (Å²) in [6.45, 7) is 1.69. The number of nitrogens with one attached hydrogen (secondary N) is 1. The summed E-state index contributed by atoms with van der Waals surface area (Å²) in [5, 5.41) is 6.85. The summed E-state index contributed by atoms with van der Waals surface area (Å²) in [6, 6.07) is 8.89. The summed E-state index contributed by atoms with van der Waals surface area (Å²) in [6.07, 6.45) is 4.95. The van der Waals surface area contributed by atoms with E-state index in [1.807, 2.05) is 6.07 Å². The normalized spacial score (nSPS) is 15.8. The van der Waals surface area contributed by atoms with Crippen molar-refractivity contribution in [3.63, 3.8) is 0 Å². The summed E-state index contributed by atoms with van der Waals surface area (Å²) in [7, 11) is 0. The van der Waals surface area contributed by atoms with E-state index in [0.29, 0.717) is 18.0 Å². The molecular formula is C20H25N3O5. The highest BCUT2D eigenvalue weighted by Crippen LogP contribution is 2.22. The summed E-state index contributed by atoms with van der Waals surface area (Å²) in [5.41, 5.74) is 0.627. The third kappa shape index (κ3) is 5.31. The lowest BCUT2D eigenvalue weighted by Gasteiger charge is -2.22. The minimum Gasteiger partial charge on any atom is -0.451 e. The highest BCUT2D eigenvalue weighted by Gasteiger charge is 2.21. The quantitative estimate of drug-likeness (QED) is 0.730. The van der Waals surface area contributed by atoms with Gasteiger partial charge in [0.25, 0.3) is 5.91 Å². The highest BCUT2D eigenvalue weighted by atomic mass is 16.5. The molecule has 1 saturated carbocycles. The van der Waals surface area contributed by atoms with Crippen LogP contribution in [0.25, 0.3) is 11.5 Å². The minimum atomic E-state index is -0.938. The molecule has 1 heterocycles. The van der Waals surface area contributed by atoms with Gasteiger partial charge in [-0.3, -0.25) is 9.59 Å². The average molecular weight is 387 g/mol. The maximum atomic E-state index is 12.1. The minimum absolute atomic E-state index is 0.122. The first kappa shape index (κ1) is 19.9. The number of carbonyl (C=O) groups is 2. The van der Waals surface area contributed by atoms with Gasteiger partial charge in [-0.05, 0) is 37.8 Å². The van der Waals surface area contributed by atoms with E-state index in [4.69, 9.17) is 9.15 Å². The smallest absolute Gasteiger partial charge is 0.437 e. The molecule has 1 fully saturated rings. The number of hydrogen-bond acceptors (Lipinski definition) is 6. The van der Waals surface area contributed by atoms with Gasteiger partial charge in [0.2, 0.25) is 5.89 Å². The number of rotatable bonds is 7. The van der Waals surface area contributed by atoms with Crippen LogP contribution in [0.15, 0.2) is 39.5 Å². The largest absolute Gasteiger partial charge is 0.451 e. The second-order valence-corrected chi connectivity index (χ2v) is 7.08. The Morgan fingerprint density at radius 1 is 1.25 bits per heavy atom. The van der Waals surface area contributed by atoms with Crippen molar-refractivity contribution >= 4 is 11.9 Å². The zero-order valence-electron chi connectivity index (χ0n) is 15.9. The molecule has 1 aromatic heterocycles. The molecule has 1 amide bonds. The molecule has 8 nitrogen and oxygen atoms in total. The molecule has 0 unspecified atom stereocenters.